The number of ether oxygens (including phenoxy) is 1. The van der Waals surface area contributed by atoms with Crippen LogP contribution in [-0.2, 0) is 16.1 Å². The highest BCUT2D eigenvalue weighted by Gasteiger charge is 2.15. The lowest BCUT2D eigenvalue weighted by atomic mass is 10.1. The maximum absolute atomic E-state index is 12.1. The molecule has 156 valence electrons. The highest BCUT2D eigenvalue weighted by atomic mass is 16.5. The second kappa shape index (κ2) is 9.30. The fourth-order valence-electron chi connectivity index (χ4n) is 3.43. The molecule has 8 nitrogen and oxygen atoms in total. The van der Waals surface area contributed by atoms with Crippen molar-refractivity contribution in [3.63, 3.8) is 0 Å². The molecule has 1 amide bonds. The molecule has 0 atom stereocenters. The largest absolute Gasteiger partial charge is 0.452 e. The first-order valence-corrected chi connectivity index (χ1v) is 10.1. The normalized spacial score (nSPS) is 13.8. The number of hydrogen-bond donors (Lipinski definition) is 1. The van der Waals surface area contributed by atoms with Gasteiger partial charge in [-0.15, -0.1) is 0 Å². The van der Waals surface area contributed by atoms with Crippen molar-refractivity contribution in [3.05, 3.63) is 66.4 Å². The fraction of sp³-hybridized carbons (Fsp3) is 0.318. The maximum atomic E-state index is 12.1. The van der Waals surface area contributed by atoms with Gasteiger partial charge in [-0.2, -0.15) is 5.10 Å². The predicted octanol–water partition coefficient (Wildman–Crippen LogP) is 3.31. The highest BCUT2D eigenvalue weighted by molar-refractivity contribution is 5.94. The molecule has 1 saturated heterocycles. The number of benzene rings is 1. The zero-order chi connectivity index (χ0) is 20.8. The van der Waals surface area contributed by atoms with Crippen LogP contribution in [0.5, 0.6) is 0 Å². The van der Waals surface area contributed by atoms with Crippen LogP contribution in [0, 0.1) is 0 Å². The first-order valence-electron chi connectivity index (χ1n) is 10.1. The Balaban J connectivity index is 1.24. The van der Waals surface area contributed by atoms with Crippen LogP contribution in [0.15, 0.2) is 59.3 Å². The molecule has 1 aliphatic rings. The van der Waals surface area contributed by atoms with E-state index < -0.39 is 11.9 Å². The summed E-state index contributed by atoms with van der Waals surface area (Å²) in [5.41, 5.74) is 1.82. The lowest BCUT2D eigenvalue weighted by molar-refractivity contribution is -0.119. The quantitative estimate of drug-likeness (QED) is 0.604. The minimum absolute atomic E-state index is 0.0517. The van der Waals surface area contributed by atoms with Gasteiger partial charge in [-0.05, 0) is 61.7 Å². The van der Waals surface area contributed by atoms with Crippen LogP contribution in [-0.4, -0.2) is 41.4 Å². The Hall–Kier alpha value is -3.55. The zero-order valence-corrected chi connectivity index (χ0v) is 16.6. The van der Waals surface area contributed by atoms with Crippen molar-refractivity contribution < 1.29 is 18.7 Å². The van der Waals surface area contributed by atoms with E-state index in [0.29, 0.717) is 18.0 Å². The van der Waals surface area contributed by atoms with Gasteiger partial charge in [0, 0.05) is 36.9 Å². The summed E-state index contributed by atoms with van der Waals surface area (Å²) in [4.78, 5) is 26.6. The van der Waals surface area contributed by atoms with Gasteiger partial charge in [0.05, 0.1) is 6.54 Å². The van der Waals surface area contributed by atoms with Crippen LogP contribution < -0.4 is 10.2 Å². The summed E-state index contributed by atoms with van der Waals surface area (Å²) < 4.78 is 12.2. The number of esters is 1. The number of carbonyl (C=O) groups excluding carboxylic acids is 2. The molecule has 30 heavy (non-hydrogen) atoms. The van der Waals surface area contributed by atoms with Crippen molar-refractivity contribution in [1.82, 2.24) is 9.78 Å². The summed E-state index contributed by atoms with van der Waals surface area (Å²) in [6.45, 7) is 2.16. The van der Waals surface area contributed by atoms with Crippen LogP contribution in [0.1, 0.15) is 35.6 Å². The van der Waals surface area contributed by atoms with E-state index in [4.69, 9.17) is 9.15 Å². The van der Waals surface area contributed by atoms with Gasteiger partial charge in [0.1, 0.15) is 5.76 Å². The number of anilines is 2. The Kier molecular flexibility index (Phi) is 6.12. The van der Waals surface area contributed by atoms with Gasteiger partial charge in [-0.3, -0.25) is 9.48 Å². The molecule has 1 aromatic carbocycles. The molecule has 3 aromatic rings. The minimum Gasteiger partial charge on any atom is -0.452 e. The number of carbonyl (C=O) groups is 2. The number of nitrogens with one attached hydrogen (secondary N) is 1. The van der Waals surface area contributed by atoms with Gasteiger partial charge in [-0.25, -0.2) is 4.79 Å². The van der Waals surface area contributed by atoms with E-state index in [2.05, 4.69) is 15.3 Å². The van der Waals surface area contributed by atoms with E-state index >= 15 is 0 Å². The van der Waals surface area contributed by atoms with Crippen LogP contribution >= 0.6 is 0 Å². The summed E-state index contributed by atoms with van der Waals surface area (Å²) in [5.74, 6) is -0.463. The maximum Gasteiger partial charge on any atom is 0.374 e. The predicted molar refractivity (Wildman–Crippen MR) is 111 cm³/mol. The average molecular weight is 408 g/mol. The first-order chi connectivity index (χ1) is 14.7. The Morgan fingerprint density at radius 2 is 1.87 bits per heavy atom. The number of nitrogens with zero attached hydrogens (tertiary/aromatic N) is 3. The van der Waals surface area contributed by atoms with Gasteiger partial charge in [0.25, 0.3) is 5.91 Å². The molecule has 0 unspecified atom stereocenters. The molecule has 1 N–H and O–H groups in total. The summed E-state index contributed by atoms with van der Waals surface area (Å²) in [7, 11) is 0. The number of rotatable bonds is 7. The van der Waals surface area contributed by atoms with Crippen molar-refractivity contribution in [2.45, 2.75) is 25.8 Å². The topological polar surface area (TPSA) is 89.6 Å². The van der Waals surface area contributed by atoms with Crippen molar-refractivity contribution in [3.8, 4) is 0 Å². The molecule has 0 radical (unpaired) electrons. The summed E-state index contributed by atoms with van der Waals surface area (Å²) in [5, 5.41) is 6.82. The average Bonchev–Trinajstić information content (AvgIpc) is 3.46. The van der Waals surface area contributed by atoms with Crippen molar-refractivity contribution in [1.29, 1.82) is 0 Å². The molecule has 8 heteroatoms. The van der Waals surface area contributed by atoms with Gasteiger partial charge in [0.2, 0.25) is 5.76 Å². The molecule has 0 aliphatic carbocycles. The van der Waals surface area contributed by atoms with Crippen LogP contribution in [0.25, 0.3) is 0 Å². The third-order valence-electron chi connectivity index (χ3n) is 4.95. The van der Waals surface area contributed by atoms with E-state index in [-0.39, 0.29) is 12.4 Å². The first kappa shape index (κ1) is 19.8. The van der Waals surface area contributed by atoms with E-state index in [9.17, 15) is 9.59 Å². The number of piperidine rings is 1. The van der Waals surface area contributed by atoms with Gasteiger partial charge < -0.3 is 19.4 Å². The van der Waals surface area contributed by atoms with Gasteiger partial charge >= 0.3 is 5.97 Å². The number of furan rings is 1. The molecule has 1 fully saturated rings. The summed E-state index contributed by atoms with van der Waals surface area (Å²) in [6, 6.07) is 12.7. The molecule has 4 rings (SSSR count). The molecular formula is C22H24N4O4. The van der Waals surface area contributed by atoms with Crippen molar-refractivity contribution >= 4 is 23.3 Å². The van der Waals surface area contributed by atoms with E-state index in [1.165, 1.54) is 25.3 Å². The minimum atomic E-state index is -0.683. The Morgan fingerprint density at radius 1 is 1.07 bits per heavy atom. The van der Waals surface area contributed by atoms with E-state index in [1.54, 1.807) is 29.2 Å². The Bertz CT molecular complexity index is 973. The monoisotopic (exact) mass is 408 g/mol. The molecule has 2 aromatic heterocycles. The molecule has 0 saturated carbocycles. The van der Waals surface area contributed by atoms with Crippen LogP contribution in [0.2, 0.25) is 0 Å². The number of amides is 1. The lowest BCUT2D eigenvalue weighted by Crippen LogP contribution is -2.29. The second-order valence-corrected chi connectivity index (χ2v) is 7.19. The van der Waals surface area contributed by atoms with Gasteiger partial charge in [0.15, 0.2) is 6.61 Å². The number of hydrogen-bond acceptors (Lipinski definition) is 6. The standard InChI is InChI=1S/C22H24N4O4/c27-21(24-17-5-7-18(8-6-17)25-12-2-1-3-13-25)16-29-22(28)20-10-9-19(30-20)15-26-14-4-11-23-26/h4-11,14H,1-3,12-13,15-16H2,(H,24,27). The molecule has 1 aliphatic heterocycles. The lowest BCUT2D eigenvalue weighted by Gasteiger charge is -2.28. The Labute approximate surface area is 174 Å². The van der Waals surface area contributed by atoms with Crippen molar-refractivity contribution in [2.75, 3.05) is 29.9 Å². The smallest absolute Gasteiger partial charge is 0.374 e. The fourth-order valence-corrected chi connectivity index (χ4v) is 3.43. The van der Waals surface area contributed by atoms with E-state index in [1.807, 2.05) is 24.3 Å². The van der Waals surface area contributed by atoms with Gasteiger partial charge in [-0.1, -0.05) is 0 Å². The van der Waals surface area contributed by atoms with Crippen LogP contribution in [0.4, 0.5) is 11.4 Å². The molecular weight excluding hydrogens is 384 g/mol. The van der Waals surface area contributed by atoms with E-state index in [0.717, 1.165) is 18.8 Å². The molecule has 0 spiro atoms. The highest BCUT2D eigenvalue weighted by Crippen LogP contribution is 2.21. The van der Waals surface area contributed by atoms with Crippen molar-refractivity contribution in [2.24, 2.45) is 0 Å². The third kappa shape index (κ3) is 5.08. The Morgan fingerprint density at radius 3 is 2.60 bits per heavy atom. The SMILES string of the molecule is O=C(COC(=O)c1ccc(Cn2cccn2)o1)Nc1ccc(N2CCCCC2)cc1. The zero-order valence-electron chi connectivity index (χ0n) is 16.6. The summed E-state index contributed by atoms with van der Waals surface area (Å²) >= 11 is 0. The summed E-state index contributed by atoms with van der Waals surface area (Å²) in [6.07, 6.45) is 7.17. The van der Waals surface area contributed by atoms with Crippen LogP contribution in [0.3, 0.4) is 0 Å². The molecule has 3 heterocycles. The number of aromatic nitrogens is 2. The molecule has 0 bridgehead atoms. The second-order valence-electron chi connectivity index (χ2n) is 7.19. The third-order valence-corrected chi connectivity index (χ3v) is 4.95.